The number of guanidine groups is 1. The van der Waals surface area contributed by atoms with Crippen molar-refractivity contribution in [2.75, 3.05) is 53.2 Å². The molecule has 0 bridgehead atoms. The minimum Gasteiger partial charge on any atom is -0.496 e. The SMILES string of the molecule is CCNC(=NCC1(c2ccccc2OC)CC1)NCCCOCC1CCOC1. The molecule has 6 heteroatoms. The maximum atomic E-state index is 5.77. The molecule has 0 spiro atoms. The first kappa shape index (κ1) is 20.9. The molecule has 0 amide bonds. The maximum absolute atomic E-state index is 5.77. The lowest BCUT2D eigenvalue weighted by Crippen LogP contribution is -2.38. The number of aliphatic imine (C=N–C) groups is 1. The Kier molecular flexibility index (Phi) is 7.98. The van der Waals surface area contributed by atoms with Gasteiger partial charge in [0.25, 0.3) is 0 Å². The molecule has 28 heavy (non-hydrogen) atoms. The summed E-state index contributed by atoms with van der Waals surface area (Å²) >= 11 is 0. The van der Waals surface area contributed by atoms with Crippen molar-refractivity contribution in [3.05, 3.63) is 29.8 Å². The van der Waals surface area contributed by atoms with Crippen molar-refractivity contribution in [3.8, 4) is 5.75 Å². The fraction of sp³-hybridized carbons (Fsp3) is 0.682. The largest absolute Gasteiger partial charge is 0.496 e. The van der Waals surface area contributed by atoms with Gasteiger partial charge in [0.05, 0.1) is 26.9 Å². The lowest BCUT2D eigenvalue weighted by Gasteiger charge is -2.18. The van der Waals surface area contributed by atoms with Gasteiger partial charge in [-0.15, -0.1) is 0 Å². The molecule has 1 heterocycles. The zero-order chi connectivity index (χ0) is 19.7. The van der Waals surface area contributed by atoms with Crippen molar-refractivity contribution in [1.82, 2.24) is 10.6 Å². The zero-order valence-electron chi connectivity index (χ0n) is 17.3. The first-order chi connectivity index (χ1) is 13.8. The highest BCUT2D eigenvalue weighted by Gasteiger charge is 2.46. The minimum absolute atomic E-state index is 0.126. The summed E-state index contributed by atoms with van der Waals surface area (Å²) in [5, 5.41) is 6.78. The number of para-hydroxylation sites is 1. The molecule has 2 aliphatic rings. The van der Waals surface area contributed by atoms with Crippen LogP contribution in [0.15, 0.2) is 29.3 Å². The van der Waals surface area contributed by atoms with Crippen LogP contribution in [0.25, 0.3) is 0 Å². The summed E-state index contributed by atoms with van der Waals surface area (Å²) in [6.45, 7) is 7.90. The van der Waals surface area contributed by atoms with Gasteiger partial charge in [0.15, 0.2) is 5.96 Å². The van der Waals surface area contributed by atoms with Crippen LogP contribution in [0.2, 0.25) is 0 Å². The van der Waals surface area contributed by atoms with E-state index in [1.807, 2.05) is 12.1 Å². The standard InChI is InChI=1S/C22H35N3O3/c1-3-23-21(24-12-6-13-27-15-18-9-14-28-16-18)25-17-22(10-11-22)19-7-4-5-8-20(19)26-2/h4-5,7-8,18H,3,6,9-17H2,1-2H3,(H2,23,24,25). The number of hydrogen-bond donors (Lipinski definition) is 2. The molecule has 3 rings (SSSR count). The fourth-order valence-corrected chi connectivity index (χ4v) is 3.66. The van der Waals surface area contributed by atoms with E-state index in [2.05, 4.69) is 29.7 Å². The van der Waals surface area contributed by atoms with Gasteiger partial charge in [0.1, 0.15) is 5.75 Å². The minimum atomic E-state index is 0.126. The predicted molar refractivity (Wildman–Crippen MR) is 112 cm³/mol. The van der Waals surface area contributed by atoms with Crippen molar-refractivity contribution >= 4 is 5.96 Å². The van der Waals surface area contributed by atoms with Crippen molar-refractivity contribution in [3.63, 3.8) is 0 Å². The summed E-state index contributed by atoms with van der Waals surface area (Å²) in [4.78, 5) is 4.86. The molecule has 2 N–H and O–H groups in total. The van der Waals surface area contributed by atoms with Gasteiger partial charge in [0, 0.05) is 43.2 Å². The Morgan fingerprint density at radius 2 is 2.14 bits per heavy atom. The number of ether oxygens (including phenoxy) is 3. The fourth-order valence-electron chi connectivity index (χ4n) is 3.66. The first-order valence-electron chi connectivity index (χ1n) is 10.6. The molecule has 1 aromatic carbocycles. The molecule has 2 fully saturated rings. The molecule has 1 aliphatic heterocycles. The molecule has 1 unspecified atom stereocenters. The highest BCUT2D eigenvalue weighted by molar-refractivity contribution is 5.79. The van der Waals surface area contributed by atoms with Gasteiger partial charge in [-0.05, 0) is 38.7 Å². The lowest BCUT2D eigenvalue weighted by molar-refractivity contribution is 0.0888. The average molecular weight is 390 g/mol. The van der Waals surface area contributed by atoms with Crippen molar-refractivity contribution in [1.29, 1.82) is 0 Å². The number of nitrogens with one attached hydrogen (secondary N) is 2. The molecule has 1 aliphatic carbocycles. The second-order valence-corrected chi connectivity index (χ2v) is 7.76. The van der Waals surface area contributed by atoms with E-state index < -0.39 is 0 Å². The van der Waals surface area contributed by atoms with Crippen LogP contribution >= 0.6 is 0 Å². The Hall–Kier alpha value is -1.79. The predicted octanol–water partition coefficient (Wildman–Crippen LogP) is 2.73. The van der Waals surface area contributed by atoms with Crippen LogP contribution in [0.5, 0.6) is 5.75 Å². The van der Waals surface area contributed by atoms with Gasteiger partial charge in [-0.25, -0.2) is 0 Å². The molecule has 0 radical (unpaired) electrons. The molecule has 156 valence electrons. The van der Waals surface area contributed by atoms with Crippen molar-refractivity contribution in [2.24, 2.45) is 10.9 Å². The topological polar surface area (TPSA) is 64.1 Å². The molecular weight excluding hydrogens is 354 g/mol. The number of methoxy groups -OCH3 is 1. The van der Waals surface area contributed by atoms with Gasteiger partial charge in [-0.3, -0.25) is 4.99 Å². The average Bonchev–Trinajstić information content (AvgIpc) is 3.34. The van der Waals surface area contributed by atoms with Crippen molar-refractivity contribution in [2.45, 2.75) is 38.0 Å². The van der Waals surface area contributed by atoms with E-state index in [1.165, 1.54) is 5.56 Å². The van der Waals surface area contributed by atoms with Crippen LogP contribution in [0.3, 0.4) is 0 Å². The third-order valence-electron chi connectivity index (χ3n) is 5.55. The Labute approximate surface area is 169 Å². The first-order valence-corrected chi connectivity index (χ1v) is 10.6. The quantitative estimate of drug-likeness (QED) is 0.346. The van der Waals surface area contributed by atoms with Crippen molar-refractivity contribution < 1.29 is 14.2 Å². The Balaban J connectivity index is 1.43. The van der Waals surface area contributed by atoms with Gasteiger partial charge in [0.2, 0.25) is 0 Å². The van der Waals surface area contributed by atoms with E-state index >= 15 is 0 Å². The Morgan fingerprint density at radius 1 is 1.29 bits per heavy atom. The molecule has 0 aromatic heterocycles. The molecule has 1 saturated heterocycles. The van der Waals surface area contributed by atoms with Crippen LogP contribution in [0.1, 0.15) is 38.2 Å². The van der Waals surface area contributed by atoms with Crippen LogP contribution < -0.4 is 15.4 Å². The van der Waals surface area contributed by atoms with E-state index in [-0.39, 0.29) is 5.41 Å². The van der Waals surface area contributed by atoms with E-state index in [9.17, 15) is 0 Å². The molecule has 6 nitrogen and oxygen atoms in total. The third-order valence-corrected chi connectivity index (χ3v) is 5.55. The van der Waals surface area contributed by atoms with E-state index in [0.29, 0.717) is 5.92 Å². The highest BCUT2D eigenvalue weighted by atomic mass is 16.5. The zero-order valence-corrected chi connectivity index (χ0v) is 17.3. The van der Waals surface area contributed by atoms with E-state index in [1.54, 1.807) is 7.11 Å². The summed E-state index contributed by atoms with van der Waals surface area (Å²) in [5.74, 6) is 2.43. The lowest BCUT2D eigenvalue weighted by atomic mass is 9.95. The van der Waals surface area contributed by atoms with Gasteiger partial charge in [-0.1, -0.05) is 18.2 Å². The smallest absolute Gasteiger partial charge is 0.191 e. The van der Waals surface area contributed by atoms with Gasteiger partial charge in [-0.2, -0.15) is 0 Å². The summed E-state index contributed by atoms with van der Waals surface area (Å²) in [7, 11) is 1.74. The molecule has 1 aromatic rings. The molecule has 1 saturated carbocycles. The van der Waals surface area contributed by atoms with Gasteiger partial charge >= 0.3 is 0 Å². The Morgan fingerprint density at radius 3 is 2.86 bits per heavy atom. The normalized spacial score (nSPS) is 20.8. The number of hydrogen-bond acceptors (Lipinski definition) is 4. The van der Waals surface area contributed by atoms with Gasteiger partial charge < -0.3 is 24.8 Å². The van der Waals surface area contributed by atoms with Crippen LogP contribution in [0, 0.1) is 5.92 Å². The number of nitrogens with zero attached hydrogens (tertiary/aromatic N) is 1. The molecular formula is C22H35N3O3. The number of benzene rings is 1. The summed E-state index contributed by atoms with van der Waals surface area (Å²) < 4.78 is 16.7. The summed E-state index contributed by atoms with van der Waals surface area (Å²) in [6.07, 6.45) is 4.42. The van der Waals surface area contributed by atoms with E-state index in [0.717, 1.165) is 83.5 Å². The summed E-state index contributed by atoms with van der Waals surface area (Å²) in [5.41, 5.74) is 1.41. The van der Waals surface area contributed by atoms with Crippen LogP contribution in [-0.2, 0) is 14.9 Å². The Bertz CT molecular complexity index is 625. The molecule has 1 atom stereocenters. The van der Waals surface area contributed by atoms with E-state index in [4.69, 9.17) is 19.2 Å². The third kappa shape index (κ3) is 5.85. The number of rotatable bonds is 11. The maximum Gasteiger partial charge on any atom is 0.191 e. The second-order valence-electron chi connectivity index (χ2n) is 7.76. The highest BCUT2D eigenvalue weighted by Crippen LogP contribution is 2.51. The van der Waals surface area contributed by atoms with Crippen LogP contribution in [-0.4, -0.2) is 59.1 Å². The summed E-state index contributed by atoms with van der Waals surface area (Å²) in [6, 6.07) is 8.33. The monoisotopic (exact) mass is 389 g/mol. The second kappa shape index (κ2) is 10.7. The van der Waals surface area contributed by atoms with Crippen LogP contribution in [0.4, 0.5) is 0 Å².